The molecule has 26 heavy (non-hydrogen) atoms. The van der Waals surface area contributed by atoms with Crippen LogP contribution in [-0.2, 0) is 22.7 Å². The fourth-order valence-corrected chi connectivity index (χ4v) is 2.83. The van der Waals surface area contributed by atoms with Crippen molar-refractivity contribution in [2.75, 3.05) is 6.79 Å². The highest BCUT2D eigenvalue weighted by Gasteiger charge is 2.23. The summed E-state index contributed by atoms with van der Waals surface area (Å²) in [4.78, 5) is 26.1. The van der Waals surface area contributed by atoms with Gasteiger partial charge in [-0.15, -0.1) is 0 Å². The van der Waals surface area contributed by atoms with Crippen LogP contribution in [0.5, 0.6) is 11.5 Å². The van der Waals surface area contributed by atoms with Crippen molar-refractivity contribution in [3.05, 3.63) is 59.7 Å². The van der Waals surface area contributed by atoms with Crippen LogP contribution in [0.25, 0.3) is 0 Å². The third kappa shape index (κ3) is 4.14. The lowest BCUT2D eigenvalue weighted by Crippen LogP contribution is -2.46. The van der Waals surface area contributed by atoms with Gasteiger partial charge >= 0.3 is 0 Å². The van der Waals surface area contributed by atoms with Crippen molar-refractivity contribution in [3.8, 4) is 11.5 Å². The molecule has 0 aromatic heterocycles. The van der Waals surface area contributed by atoms with Gasteiger partial charge in [-0.1, -0.05) is 36.4 Å². The van der Waals surface area contributed by atoms with Gasteiger partial charge in [0.2, 0.25) is 18.6 Å². The molecule has 6 heteroatoms. The van der Waals surface area contributed by atoms with Gasteiger partial charge in [0, 0.05) is 20.0 Å². The Bertz CT molecular complexity index is 792. The van der Waals surface area contributed by atoms with E-state index in [9.17, 15) is 9.59 Å². The minimum atomic E-state index is -0.568. The van der Waals surface area contributed by atoms with Gasteiger partial charge in [0.15, 0.2) is 11.5 Å². The molecule has 0 fully saturated rings. The van der Waals surface area contributed by atoms with Crippen molar-refractivity contribution in [3.63, 3.8) is 0 Å². The molecule has 0 bridgehead atoms. The van der Waals surface area contributed by atoms with E-state index in [1.54, 1.807) is 11.8 Å². The smallest absolute Gasteiger partial charge is 0.242 e. The molecule has 0 saturated carbocycles. The Kier molecular flexibility index (Phi) is 5.41. The van der Waals surface area contributed by atoms with E-state index in [1.165, 1.54) is 6.92 Å². The Hall–Kier alpha value is -3.02. The topological polar surface area (TPSA) is 67.9 Å². The molecule has 0 aliphatic carbocycles. The molecular formula is C20H22N2O4. The number of hydrogen-bond acceptors (Lipinski definition) is 4. The Balaban J connectivity index is 1.61. The Morgan fingerprint density at radius 2 is 1.81 bits per heavy atom. The van der Waals surface area contributed by atoms with Crippen LogP contribution in [0.2, 0.25) is 0 Å². The van der Waals surface area contributed by atoms with E-state index >= 15 is 0 Å². The maximum absolute atomic E-state index is 12.5. The second kappa shape index (κ2) is 7.91. The average molecular weight is 354 g/mol. The highest BCUT2D eigenvalue weighted by atomic mass is 16.7. The number of nitrogens with zero attached hydrogens (tertiary/aromatic N) is 1. The van der Waals surface area contributed by atoms with Gasteiger partial charge in [0.25, 0.3) is 0 Å². The number of carbonyl (C=O) groups is 2. The van der Waals surface area contributed by atoms with Crippen LogP contribution in [0.1, 0.15) is 25.0 Å². The van der Waals surface area contributed by atoms with Gasteiger partial charge in [0.1, 0.15) is 6.04 Å². The summed E-state index contributed by atoms with van der Waals surface area (Å²) in [5.74, 6) is 1.05. The lowest BCUT2D eigenvalue weighted by atomic mass is 10.1. The number of nitrogens with one attached hydrogen (secondary N) is 1. The van der Waals surface area contributed by atoms with Gasteiger partial charge in [-0.25, -0.2) is 0 Å². The molecule has 2 amide bonds. The molecule has 0 saturated heterocycles. The predicted molar refractivity (Wildman–Crippen MR) is 96.5 cm³/mol. The summed E-state index contributed by atoms with van der Waals surface area (Å²) in [6.07, 6.45) is 0. The first-order valence-electron chi connectivity index (χ1n) is 8.52. The lowest BCUT2D eigenvalue weighted by Gasteiger charge is -2.27. The number of fused-ring (bicyclic) bond motifs is 1. The van der Waals surface area contributed by atoms with E-state index in [1.807, 2.05) is 48.5 Å². The minimum Gasteiger partial charge on any atom is -0.454 e. The summed E-state index contributed by atoms with van der Waals surface area (Å²) < 4.78 is 10.6. The van der Waals surface area contributed by atoms with Crippen LogP contribution in [-0.4, -0.2) is 29.5 Å². The van der Waals surface area contributed by atoms with Crippen LogP contribution in [0.4, 0.5) is 0 Å². The zero-order chi connectivity index (χ0) is 18.5. The normalized spacial score (nSPS) is 13.2. The number of rotatable bonds is 6. The Labute approximate surface area is 152 Å². The molecule has 1 unspecified atom stereocenters. The van der Waals surface area contributed by atoms with E-state index in [4.69, 9.17) is 9.47 Å². The Morgan fingerprint density at radius 3 is 2.54 bits per heavy atom. The third-order valence-electron chi connectivity index (χ3n) is 4.35. The second-order valence-electron chi connectivity index (χ2n) is 6.21. The van der Waals surface area contributed by atoms with Gasteiger partial charge in [0.05, 0.1) is 0 Å². The van der Waals surface area contributed by atoms with E-state index < -0.39 is 6.04 Å². The summed E-state index contributed by atoms with van der Waals surface area (Å²) in [5, 5.41) is 2.88. The first-order valence-corrected chi connectivity index (χ1v) is 8.52. The maximum atomic E-state index is 12.5. The van der Waals surface area contributed by atoms with E-state index in [0.717, 1.165) is 11.1 Å². The molecule has 136 valence electrons. The molecule has 1 aliphatic rings. The third-order valence-corrected chi connectivity index (χ3v) is 4.35. The maximum Gasteiger partial charge on any atom is 0.242 e. The van der Waals surface area contributed by atoms with Crippen molar-refractivity contribution >= 4 is 11.8 Å². The molecule has 0 radical (unpaired) electrons. The number of benzene rings is 2. The number of carbonyl (C=O) groups excluding carboxylic acids is 2. The van der Waals surface area contributed by atoms with Gasteiger partial charge in [-0.2, -0.15) is 0 Å². The van der Waals surface area contributed by atoms with Crippen LogP contribution < -0.4 is 14.8 Å². The average Bonchev–Trinajstić information content (AvgIpc) is 3.12. The number of ether oxygens (including phenoxy) is 2. The SMILES string of the molecule is CC(=O)N(Cc1ccccc1)C(C)C(=O)NCc1ccc2c(c1)OCO2. The molecule has 0 spiro atoms. The Morgan fingerprint density at radius 1 is 1.08 bits per heavy atom. The highest BCUT2D eigenvalue weighted by Crippen LogP contribution is 2.32. The molecule has 2 aromatic carbocycles. The van der Waals surface area contributed by atoms with E-state index in [-0.39, 0.29) is 18.6 Å². The zero-order valence-corrected chi connectivity index (χ0v) is 14.9. The number of hydrogen-bond donors (Lipinski definition) is 1. The summed E-state index contributed by atoms with van der Waals surface area (Å²) >= 11 is 0. The predicted octanol–water partition coefficient (Wildman–Crippen LogP) is 2.47. The minimum absolute atomic E-state index is 0.139. The molecular weight excluding hydrogens is 332 g/mol. The summed E-state index contributed by atoms with van der Waals surface area (Å²) in [7, 11) is 0. The molecule has 6 nitrogen and oxygen atoms in total. The summed E-state index contributed by atoms with van der Waals surface area (Å²) in [6.45, 7) is 4.19. The van der Waals surface area contributed by atoms with Crippen molar-refractivity contribution in [1.29, 1.82) is 0 Å². The van der Waals surface area contributed by atoms with Gasteiger partial charge in [-0.05, 0) is 30.2 Å². The van der Waals surface area contributed by atoms with E-state index in [0.29, 0.717) is 24.6 Å². The largest absolute Gasteiger partial charge is 0.454 e. The van der Waals surface area contributed by atoms with E-state index in [2.05, 4.69) is 5.32 Å². The first-order chi connectivity index (χ1) is 12.5. The molecule has 3 rings (SSSR count). The van der Waals surface area contributed by atoms with Crippen molar-refractivity contribution in [1.82, 2.24) is 10.2 Å². The second-order valence-corrected chi connectivity index (χ2v) is 6.21. The van der Waals surface area contributed by atoms with Crippen molar-refractivity contribution < 1.29 is 19.1 Å². The fraction of sp³-hybridized carbons (Fsp3) is 0.300. The molecule has 1 aliphatic heterocycles. The quantitative estimate of drug-likeness (QED) is 0.865. The number of amides is 2. The van der Waals surface area contributed by atoms with Crippen molar-refractivity contribution in [2.24, 2.45) is 0 Å². The molecule has 1 N–H and O–H groups in total. The molecule has 1 heterocycles. The monoisotopic (exact) mass is 354 g/mol. The van der Waals surface area contributed by atoms with Crippen LogP contribution in [0.3, 0.4) is 0 Å². The lowest BCUT2D eigenvalue weighted by molar-refractivity contribution is -0.139. The van der Waals surface area contributed by atoms with Crippen molar-refractivity contribution in [2.45, 2.75) is 33.0 Å². The summed E-state index contributed by atoms with van der Waals surface area (Å²) in [5.41, 5.74) is 1.89. The zero-order valence-electron chi connectivity index (χ0n) is 14.9. The summed E-state index contributed by atoms with van der Waals surface area (Å²) in [6, 6.07) is 14.6. The van der Waals surface area contributed by atoms with Crippen LogP contribution in [0, 0.1) is 0 Å². The van der Waals surface area contributed by atoms with Gasteiger partial charge < -0.3 is 19.7 Å². The highest BCUT2D eigenvalue weighted by molar-refractivity contribution is 5.86. The standard InChI is InChI=1S/C20H22N2O4/c1-14(22(15(2)23)12-16-6-4-3-5-7-16)20(24)21-11-17-8-9-18-19(10-17)26-13-25-18/h3-10,14H,11-13H2,1-2H3,(H,21,24). The van der Waals surface area contributed by atoms with Crippen LogP contribution >= 0.6 is 0 Å². The fourth-order valence-electron chi connectivity index (χ4n) is 2.83. The first kappa shape index (κ1) is 17.8. The molecule has 1 atom stereocenters. The van der Waals surface area contributed by atoms with Gasteiger partial charge in [-0.3, -0.25) is 9.59 Å². The van der Waals surface area contributed by atoms with Crippen LogP contribution in [0.15, 0.2) is 48.5 Å². The molecule has 2 aromatic rings.